The van der Waals surface area contributed by atoms with Crippen molar-refractivity contribution in [2.45, 2.75) is 184 Å². The van der Waals surface area contributed by atoms with Crippen LogP contribution in [-0.2, 0) is 41.8 Å². The predicted molar refractivity (Wildman–Crippen MR) is 252 cm³/mol. The fraction of sp³-hybridized carbons (Fsp3) is 0.702. The van der Waals surface area contributed by atoms with Gasteiger partial charge < -0.3 is 59.9 Å². The number of phosphoric ester groups is 2. The second kappa shape index (κ2) is 33.8. The highest BCUT2D eigenvalue weighted by Gasteiger charge is 2.51. The molecule has 1 unspecified atom stereocenters. The largest absolute Gasteiger partial charge is 0.472 e. The Morgan fingerprint density at radius 3 is 2.03 bits per heavy atom. The third kappa shape index (κ3) is 25.4. The van der Waals surface area contributed by atoms with Gasteiger partial charge in [-0.1, -0.05) is 119 Å². The van der Waals surface area contributed by atoms with Crippen LogP contribution < -0.4 is 0 Å². The number of cyclic esters (lactones) is 1. The molecule has 0 aromatic heterocycles. The maximum absolute atomic E-state index is 13.7. The van der Waals surface area contributed by atoms with Gasteiger partial charge in [-0.05, 0) is 57.8 Å². The Hall–Kier alpha value is -2.68. The van der Waals surface area contributed by atoms with Crippen molar-refractivity contribution in [2.75, 3.05) is 13.2 Å². The number of ether oxygens (including phenoxy) is 2. The first-order chi connectivity index (χ1) is 32.3. The smallest absolute Gasteiger partial charge is 0.461 e. The van der Waals surface area contributed by atoms with E-state index < -0.39 is 127 Å². The molecule has 0 spiro atoms. The molecule has 0 amide bonds. The van der Waals surface area contributed by atoms with Crippen molar-refractivity contribution in [1.82, 2.24) is 0 Å². The van der Waals surface area contributed by atoms with Gasteiger partial charge in [-0.15, -0.1) is 0 Å². The number of unbranched alkanes of at least 4 members (excludes halogenated alkanes) is 6. The van der Waals surface area contributed by atoms with Gasteiger partial charge in [0.15, 0.2) is 6.10 Å². The number of fused-ring (bicyclic) bond motifs is 4. The molecule has 21 heteroatoms. The molecule has 10 N–H and O–H groups in total. The minimum Gasteiger partial charge on any atom is -0.461 e. The van der Waals surface area contributed by atoms with Crippen molar-refractivity contribution in [3.63, 3.8) is 0 Å². The van der Waals surface area contributed by atoms with Crippen molar-refractivity contribution in [1.29, 1.82) is 0 Å². The van der Waals surface area contributed by atoms with E-state index in [0.717, 1.165) is 38.2 Å². The zero-order valence-corrected chi connectivity index (χ0v) is 41.1. The summed E-state index contributed by atoms with van der Waals surface area (Å²) in [6.45, 7) is 2.44. The van der Waals surface area contributed by atoms with E-state index in [0.29, 0.717) is 25.7 Å². The van der Waals surface area contributed by atoms with E-state index in [4.69, 9.17) is 23.0 Å². The van der Waals surface area contributed by atoms with Crippen LogP contribution in [0, 0.1) is 11.8 Å². The monoisotopic (exact) mass is 1010 g/mol. The van der Waals surface area contributed by atoms with Crippen LogP contribution in [-0.4, -0.2) is 137 Å². The fourth-order valence-electron chi connectivity index (χ4n) is 7.52. The molecule has 1 fully saturated rings. The maximum atomic E-state index is 13.7. The van der Waals surface area contributed by atoms with Gasteiger partial charge in [-0.2, -0.15) is 0 Å². The number of carbonyl (C=O) groups excluding carboxylic acids is 2. The number of rotatable bonds is 23. The number of aliphatic hydroxyl groups excluding tert-OH is 7. The van der Waals surface area contributed by atoms with Crippen LogP contribution in [0.1, 0.15) is 123 Å². The Labute approximate surface area is 400 Å². The van der Waals surface area contributed by atoms with Crippen LogP contribution in [0.25, 0.3) is 0 Å². The normalized spacial score (nSPS) is 32.0. The Kier molecular flexibility index (Phi) is 30.6. The lowest BCUT2D eigenvalue weighted by Crippen LogP contribution is -2.56. The average molecular weight is 1010 g/mol. The minimum atomic E-state index is -5.77. The molecule has 1 saturated carbocycles. The summed E-state index contributed by atoms with van der Waals surface area (Å²) in [4.78, 5) is 56.6. The lowest BCUT2D eigenvalue weighted by atomic mass is 9.83. The molecule has 68 heavy (non-hydrogen) atoms. The van der Waals surface area contributed by atoms with Crippen LogP contribution in [0.2, 0.25) is 0 Å². The second-order valence-electron chi connectivity index (χ2n) is 17.1. The summed E-state index contributed by atoms with van der Waals surface area (Å²) in [7, 11) is -11.5. The van der Waals surface area contributed by atoms with E-state index in [9.17, 15) is 69.1 Å². The number of phosphoric acid groups is 2. The summed E-state index contributed by atoms with van der Waals surface area (Å²) < 4.78 is 51.8. The highest BCUT2D eigenvalue weighted by Crippen LogP contribution is 2.49. The van der Waals surface area contributed by atoms with E-state index in [2.05, 4.69) is 37.3 Å². The lowest BCUT2D eigenvalue weighted by Gasteiger charge is -2.38. The summed E-state index contributed by atoms with van der Waals surface area (Å²) in [5, 5.41) is 79.4. The SMILES string of the molecule is CCCCC/C=C\C/C=C\C/C=C\C/C=C\CCCC(=O)O[C@@H]1COC(=O)C/C=C\C[C@H]2[C@@H](O)[C@H](O)[C@@H](O)[C@H](OP(=O)(O)OC1)[C@H](OP(=O)(O)O)[C@H](O)[C@@H](/C=C/[C@H](O)CCCCC)[C@H](O)C[C@@H]2O. The highest BCUT2D eigenvalue weighted by atomic mass is 31.2. The van der Waals surface area contributed by atoms with Gasteiger partial charge in [0.25, 0.3) is 0 Å². The van der Waals surface area contributed by atoms with Gasteiger partial charge in [-0.25, -0.2) is 9.13 Å². The van der Waals surface area contributed by atoms with Gasteiger partial charge >= 0.3 is 27.6 Å². The Bertz CT molecular complexity index is 1710. The van der Waals surface area contributed by atoms with Gasteiger partial charge in [0.05, 0.1) is 43.5 Å². The van der Waals surface area contributed by atoms with Crippen LogP contribution >= 0.6 is 15.6 Å². The van der Waals surface area contributed by atoms with Crippen molar-refractivity contribution in [3.05, 3.63) is 72.9 Å². The molecular formula is C47H78O19P2. The Balaban J connectivity index is 2.32. The molecule has 0 saturated heterocycles. The summed E-state index contributed by atoms with van der Waals surface area (Å²) in [6.07, 6.45) is 9.06. The standard InChI is InChI=1S/C47H78O19P2/c1-3-5-7-8-9-10-11-12-13-14-15-16-17-18-19-20-22-28-41(52)64-35-32-62-40(51)27-24-23-26-36-38(49)31-39(50)37(30-29-34(48)25-21-6-4-2)43(54)46(65-67(57,58)59)47(45(56)44(55)42(36)53)66-68(60,61)63-33-35/h9-10,12-13,15-16,18-19,23-24,29-30,34-39,42-50,53-56H,3-8,11,14,17,20-22,25-28,31-33H2,1-2H3,(H,60,61)(H2,57,58,59)/b10-9-,13-12-,16-15-,19-18-,24-23-,30-29+/t34-,35-,36-,37+,38+,39-,42-,43-,44+,45-,46-,47+/m1/s1. The van der Waals surface area contributed by atoms with Crippen molar-refractivity contribution in [3.8, 4) is 0 Å². The third-order valence-electron chi connectivity index (χ3n) is 11.3. The molecule has 2 bridgehead atoms. The Morgan fingerprint density at radius 2 is 1.41 bits per heavy atom. The highest BCUT2D eigenvalue weighted by molar-refractivity contribution is 7.47. The maximum Gasteiger partial charge on any atom is 0.472 e. The predicted octanol–water partition coefficient (Wildman–Crippen LogP) is 5.22. The fourth-order valence-corrected chi connectivity index (χ4v) is 9.05. The molecule has 0 radical (unpaired) electrons. The van der Waals surface area contributed by atoms with Gasteiger partial charge in [-0.3, -0.25) is 23.2 Å². The van der Waals surface area contributed by atoms with E-state index in [1.807, 2.05) is 25.2 Å². The summed E-state index contributed by atoms with van der Waals surface area (Å²) >= 11 is 0. The number of hydrogen-bond acceptors (Lipinski definition) is 16. The Morgan fingerprint density at radius 1 is 0.809 bits per heavy atom. The minimum absolute atomic E-state index is 0.115. The van der Waals surface area contributed by atoms with E-state index in [1.165, 1.54) is 37.5 Å². The van der Waals surface area contributed by atoms with Crippen molar-refractivity contribution in [2.24, 2.45) is 11.8 Å². The molecule has 1 aliphatic carbocycles. The number of aliphatic hydroxyl groups is 7. The number of esters is 2. The van der Waals surface area contributed by atoms with Crippen LogP contribution in [0.5, 0.6) is 0 Å². The second-order valence-corrected chi connectivity index (χ2v) is 19.7. The molecule has 2 rings (SSSR count). The van der Waals surface area contributed by atoms with Gasteiger partial charge in [0.2, 0.25) is 0 Å². The lowest BCUT2D eigenvalue weighted by molar-refractivity contribution is -0.165. The number of allylic oxidation sites excluding steroid dienone is 9. The molecule has 13 atom stereocenters. The molecule has 0 aromatic rings. The summed E-state index contributed by atoms with van der Waals surface area (Å²) in [5.41, 5.74) is 0. The average Bonchev–Trinajstić information content (AvgIpc) is 3.28. The molecule has 1 aliphatic heterocycles. The molecule has 1 heterocycles. The third-order valence-corrected chi connectivity index (χ3v) is 12.8. The summed E-state index contributed by atoms with van der Waals surface area (Å²) in [5.74, 6) is -4.84. The van der Waals surface area contributed by atoms with Gasteiger partial charge in [0, 0.05) is 24.7 Å². The first-order valence-corrected chi connectivity index (χ1v) is 26.8. The first-order valence-electron chi connectivity index (χ1n) is 23.7. The van der Waals surface area contributed by atoms with E-state index >= 15 is 0 Å². The zero-order chi connectivity index (χ0) is 50.5. The van der Waals surface area contributed by atoms with Crippen molar-refractivity contribution >= 4 is 27.6 Å². The molecule has 19 nitrogen and oxygen atoms in total. The number of carbonyl (C=O) groups is 2. The topological polar surface area (TPSA) is 317 Å². The zero-order valence-electron chi connectivity index (χ0n) is 39.3. The van der Waals surface area contributed by atoms with Crippen LogP contribution in [0.4, 0.5) is 0 Å². The molecule has 2 aliphatic rings. The first kappa shape index (κ1) is 61.4. The van der Waals surface area contributed by atoms with Gasteiger partial charge in [0.1, 0.15) is 31.0 Å². The van der Waals surface area contributed by atoms with Crippen LogP contribution in [0.3, 0.4) is 0 Å². The summed E-state index contributed by atoms with van der Waals surface area (Å²) in [6, 6.07) is 0. The van der Waals surface area contributed by atoms with Crippen LogP contribution in [0.15, 0.2) is 72.9 Å². The van der Waals surface area contributed by atoms with E-state index in [-0.39, 0.29) is 19.3 Å². The van der Waals surface area contributed by atoms with Crippen molar-refractivity contribution < 1.29 is 92.2 Å². The quantitative estimate of drug-likeness (QED) is 0.0272. The molecule has 0 aromatic carbocycles. The molecule has 390 valence electrons. The molecular weight excluding hydrogens is 930 g/mol. The van der Waals surface area contributed by atoms with E-state index in [1.54, 1.807) is 0 Å². The number of hydrogen-bond donors (Lipinski definition) is 10.